The third-order valence-electron chi connectivity index (χ3n) is 6.84. The number of nitrogens with one attached hydrogen (secondary N) is 1. The number of likely N-dealkylation sites (tertiary alicyclic amines) is 1. The first kappa shape index (κ1) is 23.7. The molecule has 6 heteroatoms. The SMILES string of the molecule is CC(C)/C=C\c1cnc(CN2CCN(CC(=O)N3CCC(Cc4ccccc4)CC3)CC2)[nH]1. The van der Waals surface area contributed by atoms with Gasteiger partial charge in [0.15, 0.2) is 0 Å². The summed E-state index contributed by atoms with van der Waals surface area (Å²) < 4.78 is 0. The minimum absolute atomic E-state index is 0.300. The molecular formula is C27H39N5O. The van der Waals surface area contributed by atoms with E-state index in [4.69, 9.17) is 0 Å². The molecule has 1 aromatic heterocycles. The van der Waals surface area contributed by atoms with Gasteiger partial charge in [-0.25, -0.2) is 4.98 Å². The zero-order valence-corrected chi connectivity index (χ0v) is 20.2. The van der Waals surface area contributed by atoms with Gasteiger partial charge in [0.25, 0.3) is 0 Å². The van der Waals surface area contributed by atoms with Gasteiger partial charge in [0.05, 0.1) is 25.0 Å². The van der Waals surface area contributed by atoms with Gasteiger partial charge in [0.2, 0.25) is 5.91 Å². The lowest BCUT2D eigenvalue weighted by Gasteiger charge is -2.37. The summed E-state index contributed by atoms with van der Waals surface area (Å²) in [4.78, 5) is 27.6. The number of imidazole rings is 1. The molecular weight excluding hydrogens is 410 g/mol. The maximum atomic E-state index is 12.9. The molecule has 2 aliphatic heterocycles. The lowest BCUT2D eigenvalue weighted by atomic mass is 9.90. The van der Waals surface area contributed by atoms with Crippen molar-refractivity contribution in [2.45, 2.75) is 39.7 Å². The molecule has 2 aliphatic rings. The summed E-state index contributed by atoms with van der Waals surface area (Å²) in [7, 11) is 0. The Morgan fingerprint density at radius 1 is 1.06 bits per heavy atom. The summed E-state index contributed by atoms with van der Waals surface area (Å²) in [6, 6.07) is 10.7. The number of rotatable bonds is 8. The van der Waals surface area contributed by atoms with E-state index in [1.54, 1.807) is 0 Å². The average molecular weight is 450 g/mol. The van der Waals surface area contributed by atoms with E-state index in [1.165, 1.54) is 5.56 Å². The summed E-state index contributed by atoms with van der Waals surface area (Å²) in [6.07, 6.45) is 9.56. The van der Waals surface area contributed by atoms with Gasteiger partial charge in [-0.3, -0.25) is 14.6 Å². The second-order valence-corrected chi connectivity index (χ2v) is 9.95. The topological polar surface area (TPSA) is 55.5 Å². The summed E-state index contributed by atoms with van der Waals surface area (Å²) in [5.74, 6) is 2.55. The van der Waals surface area contributed by atoms with Crippen LogP contribution in [0.2, 0.25) is 0 Å². The predicted octanol–water partition coefficient (Wildman–Crippen LogP) is 3.68. The van der Waals surface area contributed by atoms with E-state index in [2.05, 4.69) is 81.0 Å². The van der Waals surface area contributed by atoms with Crippen LogP contribution in [0.25, 0.3) is 6.08 Å². The lowest BCUT2D eigenvalue weighted by Crippen LogP contribution is -2.50. The van der Waals surface area contributed by atoms with E-state index < -0.39 is 0 Å². The highest BCUT2D eigenvalue weighted by Crippen LogP contribution is 2.22. The van der Waals surface area contributed by atoms with Gasteiger partial charge in [0.1, 0.15) is 5.82 Å². The molecule has 0 unspecified atom stereocenters. The van der Waals surface area contributed by atoms with Gasteiger partial charge >= 0.3 is 0 Å². The molecule has 0 atom stereocenters. The molecule has 4 rings (SSSR count). The maximum absolute atomic E-state index is 12.9. The second-order valence-electron chi connectivity index (χ2n) is 9.95. The van der Waals surface area contributed by atoms with Crippen LogP contribution in [0.1, 0.15) is 43.8 Å². The molecule has 1 aromatic carbocycles. The van der Waals surface area contributed by atoms with Gasteiger partial charge in [-0.1, -0.05) is 50.3 Å². The van der Waals surface area contributed by atoms with E-state index in [9.17, 15) is 4.79 Å². The number of piperidine rings is 1. The van der Waals surface area contributed by atoms with Crippen LogP contribution in [0, 0.1) is 11.8 Å². The number of hydrogen-bond donors (Lipinski definition) is 1. The van der Waals surface area contributed by atoms with E-state index in [0.717, 1.165) is 76.6 Å². The van der Waals surface area contributed by atoms with Crippen molar-refractivity contribution >= 4 is 12.0 Å². The highest BCUT2D eigenvalue weighted by Gasteiger charge is 2.26. The third kappa shape index (κ3) is 7.27. The van der Waals surface area contributed by atoms with Crippen molar-refractivity contribution in [2.24, 2.45) is 11.8 Å². The smallest absolute Gasteiger partial charge is 0.236 e. The Balaban J connectivity index is 1.15. The summed E-state index contributed by atoms with van der Waals surface area (Å²) >= 11 is 0. The Hall–Kier alpha value is -2.44. The second kappa shape index (κ2) is 11.6. The minimum Gasteiger partial charge on any atom is -0.342 e. The summed E-state index contributed by atoms with van der Waals surface area (Å²) in [6.45, 7) is 11.4. The first-order valence-corrected chi connectivity index (χ1v) is 12.5. The molecule has 0 radical (unpaired) electrons. The molecule has 178 valence electrons. The fourth-order valence-corrected chi connectivity index (χ4v) is 4.78. The lowest BCUT2D eigenvalue weighted by molar-refractivity contribution is -0.134. The fraction of sp³-hybridized carbons (Fsp3) is 0.556. The summed E-state index contributed by atoms with van der Waals surface area (Å²) in [5.41, 5.74) is 2.48. The number of H-pyrrole nitrogens is 1. The number of benzene rings is 1. The highest BCUT2D eigenvalue weighted by atomic mass is 16.2. The molecule has 2 fully saturated rings. The van der Waals surface area contributed by atoms with Crippen molar-refractivity contribution in [3.8, 4) is 0 Å². The van der Waals surface area contributed by atoms with E-state index in [1.807, 2.05) is 6.20 Å². The molecule has 2 aromatic rings. The molecule has 0 saturated carbocycles. The van der Waals surface area contributed by atoms with Crippen LogP contribution in [0.5, 0.6) is 0 Å². The van der Waals surface area contributed by atoms with Crippen LogP contribution < -0.4 is 0 Å². The quantitative estimate of drug-likeness (QED) is 0.668. The summed E-state index contributed by atoms with van der Waals surface area (Å²) in [5, 5.41) is 0. The normalized spacial score (nSPS) is 19.1. The molecule has 2 saturated heterocycles. The van der Waals surface area contributed by atoms with Crippen LogP contribution in [0.4, 0.5) is 0 Å². The van der Waals surface area contributed by atoms with Crippen LogP contribution in [-0.4, -0.2) is 76.4 Å². The Morgan fingerprint density at radius 3 is 2.45 bits per heavy atom. The average Bonchev–Trinajstić information content (AvgIpc) is 3.27. The Kier molecular flexibility index (Phi) is 8.35. The zero-order chi connectivity index (χ0) is 23.0. The standard InChI is InChI=1S/C27H39N5O/c1-22(2)8-9-25-19-28-26(29-25)20-30-14-16-31(17-15-30)21-27(33)32-12-10-24(11-13-32)18-23-6-4-3-5-7-23/h3-9,19,22,24H,10-18,20-21H2,1-2H3,(H,28,29)/b9-8-. The molecule has 0 spiro atoms. The first-order chi connectivity index (χ1) is 16.0. The zero-order valence-electron chi connectivity index (χ0n) is 20.2. The van der Waals surface area contributed by atoms with Gasteiger partial charge in [-0.2, -0.15) is 0 Å². The highest BCUT2D eigenvalue weighted by molar-refractivity contribution is 5.78. The van der Waals surface area contributed by atoms with Crippen LogP contribution >= 0.6 is 0 Å². The number of amides is 1. The van der Waals surface area contributed by atoms with Gasteiger partial charge in [0, 0.05) is 39.3 Å². The van der Waals surface area contributed by atoms with Crippen molar-refractivity contribution in [1.29, 1.82) is 0 Å². The molecule has 0 aliphatic carbocycles. The van der Waals surface area contributed by atoms with Crippen molar-refractivity contribution in [3.63, 3.8) is 0 Å². The fourth-order valence-electron chi connectivity index (χ4n) is 4.78. The van der Waals surface area contributed by atoms with Gasteiger partial charge in [-0.15, -0.1) is 0 Å². The molecule has 3 heterocycles. The van der Waals surface area contributed by atoms with Gasteiger partial charge in [-0.05, 0) is 42.7 Å². The number of aromatic amines is 1. The third-order valence-corrected chi connectivity index (χ3v) is 6.84. The molecule has 6 nitrogen and oxygen atoms in total. The van der Waals surface area contributed by atoms with Crippen molar-refractivity contribution in [3.05, 3.63) is 59.7 Å². The van der Waals surface area contributed by atoms with Crippen molar-refractivity contribution < 1.29 is 4.79 Å². The maximum Gasteiger partial charge on any atom is 0.236 e. The Labute approximate surface area is 198 Å². The number of carbonyl (C=O) groups is 1. The largest absolute Gasteiger partial charge is 0.342 e. The molecule has 33 heavy (non-hydrogen) atoms. The Bertz CT molecular complexity index is 890. The number of carbonyl (C=O) groups excluding carboxylic acids is 1. The van der Waals surface area contributed by atoms with Crippen molar-refractivity contribution in [1.82, 2.24) is 24.7 Å². The van der Waals surface area contributed by atoms with Gasteiger partial charge < -0.3 is 9.88 Å². The number of aromatic nitrogens is 2. The monoisotopic (exact) mass is 449 g/mol. The van der Waals surface area contributed by atoms with E-state index in [-0.39, 0.29) is 0 Å². The number of hydrogen-bond acceptors (Lipinski definition) is 4. The molecule has 1 N–H and O–H groups in total. The minimum atomic E-state index is 0.300. The van der Waals surface area contributed by atoms with E-state index >= 15 is 0 Å². The van der Waals surface area contributed by atoms with Crippen LogP contribution in [-0.2, 0) is 17.8 Å². The number of piperazine rings is 1. The molecule has 0 bridgehead atoms. The first-order valence-electron chi connectivity index (χ1n) is 12.5. The number of allylic oxidation sites excluding steroid dienone is 1. The predicted molar refractivity (Wildman–Crippen MR) is 134 cm³/mol. The Morgan fingerprint density at radius 2 is 1.76 bits per heavy atom. The molecule has 1 amide bonds. The van der Waals surface area contributed by atoms with Crippen LogP contribution in [0.15, 0.2) is 42.6 Å². The van der Waals surface area contributed by atoms with E-state index in [0.29, 0.717) is 24.3 Å². The van der Waals surface area contributed by atoms with Crippen molar-refractivity contribution in [2.75, 3.05) is 45.8 Å². The number of nitrogens with zero attached hydrogens (tertiary/aromatic N) is 4. The van der Waals surface area contributed by atoms with Crippen LogP contribution in [0.3, 0.4) is 0 Å².